The van der Waals surface area contributed by atoms with Gasteiger partial charge in [-0.3, -0.25) is 4.90 Å². The summed E-state index contributed by atoms with van der Waals surface area (Å²) in [4.78, 5) is 13.4. The fourth-order valence-electron chi connectivity index (χ4n) is 4.35. The van der Waals surface area contributed by atoms with Crippen LogP contribution in [0.15, 0.2) is 77.7 Å². The molecule has 214 valence electrons. The van der Waals surface area contributed by atoms with E-state index in [4.69, 9.17) is 21.1 Å². The van der Waals surface area contributed by atoms with Crippen molar-refractivity contribution >= 4 is 27.6 Å². The van der Waals surface area contributed by atoms with E-state index < -0.39 is 27.7 Å². The van der Waals surface area contributed by atoms with E-state index in [2.05, 4.69) is 4.90 Å². The van der Waals surface area contributed by atoms with Crippen LogP contribution in [0.3, 0.4) is 0 Å². The molecule has 0 amide bonds. The molecule has 1 fully saturated rings. The Kier molecular flexibility index (Phi) is 9.52. The van der Waals surface area contributed by atoms with Gasteiger partial charge in [0.25, 0.3) is 0 Å². The maximum absolute atomic E-state index is 13.1. The van der Waals surface area contributed by atoms with Crippen molar-refractivity contribution in [1.82, 2.24) is 9.21 Å². The smallest absolute Gasteiger partial charge is 0.416 e. The number of piperazine rings is 1. The van der Waals surface area contributed by atoms with Gasteiger partial charge in [-0.1, -0.05) is 41.9 Å². The van der Waals surface area contributed by atoms with Crippen LogP contribution in [0.1, 0.15) is 33.2 Å². The minimum Gasteiger partial charge on any atom is -0.465 e. The van der Waals surface area contributed by atoms with E-state index in [1.807, 2.05) is 12.1 Å². The normalized spacial score (nSPS) is 16.0. The third kappa shape index (κ3) is 7.41. The lowest BCUT2D eigenvalue weighted by atomic mass is 10.1. The van der Waals surface area contributed by atoms with E-state index in [9.17, 15) is 26.4 Å². The second-order valence-electron chi connectivity index (χ2n) is 9.27. The van der Waals surface area contributed by atoms with Gasteiger partial charge >= 0.3 is 12.1 Å². The molecule has 3 aromatic carbocycles. The third-order valence-electron chi connectivity index (χ3n) is 6.62. The fourth-order valence-corrected chi connectivity index (χ4v) is 5.95. The van der Waals surface area contributed by atoms with Gasteiger partial charge in [0.2, 0.25) is 10.0 Å². The van der Waals surface area contributed by atoms with Gasteiger partial charge < -0.3 is 9.47 Å². The van der Waals surface area contributed by atoms with Crippen LogP contribution in [0.4, 0.5) is 13.2 Å². The third-order valence-corrected chi connectivity index (χ3v) is 8.77. The van der Waals surface area contributed by atoms with Crippen molar-refractivity contribution in [3.63, 3.8) is 0 Å². The lowest BCUT2D eigenvalue weighted by Gasteiger charge is -2.36. The molecule has 1 aliphatic heterocycles. The number of benzene rings is 3. The molecule has 12 heteroatoms. The highest BCUT2D eigenvalue weighted by Crippen LogP contribution is 2.31. The van der Waals surface area contributed by atoms with Crippen molar-refractivity contribution in [2.75, 3.05) is 39.8 Å². The standard InChI is InChI=1S/C28H28ClF3N2O5S/c1-38-27(35)22-7-5-20(6-8-22)19-39-26(21-9-11-24(29)12-10-21)18-33-13-15-34(16-14-33)40(36,37)25-4-2-3-23(17-25)28(30,31)32/h2-12,17,26H,13-16,18-19H2,1H3. The first kappa shape index (κ1) is 30.0. The quantitative estimate of drug-likeness (QED) is 0.308. The maximum Gasteiger partial charge on any atom is 0.416 e. The largest absolute Gasteiger partial charge is 0.465 e. The number of sulfonamides is 1. The first-order valence-electron chi connectivity index (χ1n) is 12.4. The first-order valence-corrected chi connectivity index (χ1v) is 14.2. The van der Waals surface area contributed by atoms with Gasteiger partial charge in [0.1, 0.15) is 0 Å². The van der Waals surface area contributed by atoms with Crippen LogP contribution < -0.4 is 0 Å². The van der Waals surface area contributed by atoms with Crippen LogP contribution in [0, 0.1) is 0 Å². The minimum atomic E-state index is -4.63. The summed E-state index contributed by atoms with van der Waals surface area (Å²) in [5, 5.41) is 0.578. The number of methoxy groups -OCH3 is 1. The van der Waals surface area contributed by atoms with Crippen LogP contribution in [-0.2, 0) is 32.3 Å². The van der Waals surface area contributed by atoms with Crippen molar-refractivity contribution in [3.05, 3.63) is 100 Å². The fraction of sp³-hybridized carbons (Fsp3) is 0.321. The number of carbonyl (C=O) groups is 1. The molecule has 1 aliphatic rings. The van der Waals surface area contributed by atoms with E-state index in [0.29, 0.717) is 36.3 Å². The van der Waals surface area contributed by atoms with E-state index in [1.165, 1.54) is 17.5 Å². The zero-order chi connectivity index (χ0) is 28.9. The number of hydrogen-bond acceptors (Lipinski definition) is 6. The second-order valence-corrected chi connectivity index (χ2v) is 11.6. The molecule has 40 heavy (non-hydrogen) atoms. The Labute approximate surface area is 236 Å². The van der Waals surface area contributed by atoms with Gasteiger partial charge in [-0.2, -0.15) is 17.5 Å². The number of ether oxygens (including phenoxy) is 2. The maximum atomic E-state index is 13.1. The number of esters is 1. The zero-order valence-electron chi connectivity index (χ0n) is 21.6. The highest BCUT2D eigenvalue weighted by Gasteiger charge is 2.34. The molecule has 0 bridgehead atoms. The van der Waals surface area contributed by atoms with Crippen LogP contribution in [-0.4, -0.2) is 63.4 Å². The van der Waals surface area contributed by atoms with Crippen LogP contribution in [0.5, 0.6) is 0 Å². The predicted molar refractivity (Wildman–Crippen MR) is 143 cm³/mol. The Balaban J connectivity index is 1.42. The summed E-state index contributed by atoms with van der Waals surface area (Å²) in [6.45, 7) is 1.72. The molecule has 0 spiro atoms. The predicted octanol–water partition coefficient (Wildman–Crippen LogP) is 5.41. The minimum absolute atomic E-state index is 0.126. The number of alkyl halides is 3. The SMILES string of the molecule is COC(=O)c1ccc(COC(CN2CCN(S(=O)(=O)c3cccc(C(F)(F)F)c3)CC2)c2ccc(Cl)cc2)cc1. The topological polar surface area (TPSA) is 76.2 Å². The van der Waals surface area contributed by atoms with E-state index in [0.717, 1.165) is 23.3 Å². The molecule has 0 aromatic heterocycles. The summed E-state index contributed by atoms with van der Waals surface area (Å²) in [5.74, 6) is -0.430. The summed E-state index contributed by atoms with van der Waals surface area (Å²) >= 11 is 6.06. The molecule has 7 nitrogen and oxygen atoms in total. The van der Waals surface area contributed by atoms with Crippen molar-refractivity contribution in [2.24, 2.45) is 0 Å². The van der Waals surface area contributed by atoms with E-state index >= 15 is 0 Å². The Morgan fingerprint density at radius 1 is 0.975 bits per heavy atom. The molecule has 0 aliphatic carbocycles. The zero-order valence-corrected chi connectivity index (χ0v) is 23.2. The summed E-state index contributed by atoms with van der Waals surface area (Å²) in [7, 11) is -2.77. The van der Waals surface area contributed by atoms with Crippen molar-refractivity contribution in [3.8, 4) is 0 Å². The first-order chi connectivity index (χ1) is 19.0. The van der Waals surface area contributed by atoms with Crippen molar-refractivity contribution in [2.45, 2.75) is 23.8 Å². The molecular formula is C28H28ClF3N2O5S. The van der Waals surface area contributed by atoms with E-state index in [1.54, 1.807) is 36.4 Å². The van der Waals surface area contributed by atoms with Crippen LogP contribution >= 0.6 is 11.6 Å². The number of carbonyl (C=O) groups excluding carboxylic acids is 1. The molecule has 0 saturated carbocycles. The Hall–Kier alpha value is -2.96. The number of halogens is 4. The lowest BCUT2D eigenvalue weighted by Crippen LogP contribution is -2.49. The van der Waals surface area contributed by atoms with Crippen molar-refractivity contribution in [1.29, 1.82) is 0 Å². The average molecular weight is 597 g/mol. The van der Waals surface area contributed by atoms with Gasteiger partial charge in [0.15, 0.2) is 0 Å². The lowest BCUT2D eigenvalue weighted by molar-refractivity contribution is -0.137. The van der Waals surface area contributed by atoms with Gasteiger partial charge in [-0.25, -0.2) is 13.2 Å². The monoisotopic (exact) mass is 596 g/mol. The van der Waals surface area contributed by atoms with Crippen LogP contribution in [0.2, 0.25) is 5.02 Å². The Morgan fingerprint density at radius 2 is 1.62 bits per heavy atom. The molecule has 0 N–H and O–H groups in total. The summed E-state index contributed by atoms with van der Waals surface area (Å²) in [6, 6.07) is 17.9. The van der Waals surface area contributed by atoms with Gasteiger partial charge in [-0.05, 0) is 53.6 Å². The van der Waals surface area contributed by atoms with Crippen molar-refractivity contribution < 1.29 is 35.9 Å². The van der Waals surface area contributed by atoms with Gasteiger partial charge in [0.05, 0.1) is 35.8 Å². The highest BCUT2D eigenvalue weighted by atomic mass is 35.5. The highest BCUT2D eigenvalue weighted by molar-refractivity contribution is 7.89. The number of rotatable bonds is 9. The summed E-state index contributed by atoms with van der Waals surface area (Å²) < 4.78 is 77.7. The van der Waals surface area contributed by atoms with Gasteiger partial charge in [0, 0.05) is 37.7 Å². The van der Waals surface area contributed by atoms with Crippen LogP contribution in [0.25, 0.3) is 0 Å². The Bertz CT molecular complexity index is 1410. The molecule has 1 unspecified atom stereocenters. The van der Waals surface area contributed by atoms with E-state index in [-0.39, 0.29) is 30.7 Å². The summed E-state index contributed by atoms with van der Waals surface area (Å²) in [6.07, 6.45) is -5.01. The molecule has 1 heterocycles. The molecular weight excluding hydrogens is 569 g/mol. The molecule has 4 rings (SSSR count). The molecule has 1 saturated heterocycles. The average Bonchev–Trinajstić information content (AvgIpc) is 2.95. The number of hydrogen-bond donors (Lipinski definition) is 0. The molecule has 3 aromatic rings. The summed E-state index contributed by atoms with van der Waals surface area (Å²) in [5.41, 5.74) is 1.16. The Morgan fingerprint density at radius 3 is 2.23 bits per heavy atom. The molecule has 1 atom stereocenters. The number of nitrogens with zero attached hydrogens (tertiary/aromatic N) is 2. The molecule has 0 radical (unpaired) electrons. The second kappa shape index (κ2) is 12.7. The van der Waals surface area contributed by atoms with Gasteiger partial charge in [-0.15, -0.1) is 0 Å².